The van der Waals surface area contributed by atoms with E-state index in [2.05, 4.69) is 0 Å². The van der Waals surface area contributed by atoms with Crippen molar-refractivity contribution in [1.82, 2.24) is 0 Å². The minimum absolute atomic E-state index is 0.120. The molecule has 0 unspecified atom stereocenters. The third-order valence-electron chi connectivity index (χ3n) is 0.881. The van der Waals surface area contributed by atoms with Gasteiger partial charge in [-0.2, -0.15) is 0 Å². The zero-order valence-electron chi connectivity index (χ0n) is 4.92. The fraction of sp³-hybridized carbons (Fsp3) is 0.200. The summed E-state index contributed by atoms with van der Waals surface area (Å²) in [7, 11) is 4.95. The number of carbonyl (C=O) groups excluding carboxylic acids is 1. The van der Waals surface area contributed by atoms with Crippen molar-refractivity contribution in [2.75, 3.05) is 0 Å². The van der Waals surface area contributed by atoms with Crippen LogP contribution in [-0.2, 0) is 9.59 Å². The first kappa shape index (κ1) is 7.94. The Morgan fingerprint density at radius 3 is 2.22 bits per heavy atom. The Kier molecular flexibility index (Phi) is 2.71. The predicted molar refractivity (Wildman–Crippen MR) is 32.2 cm³/mol. The van der Waals surface area contributed by atoms with E-state index in [-0.39, 0.29) is 11.0 Å². The quantitative estimate of drug-likeness (QED) is 0.312. The maximum atomic E-state index is 10.0. The molecule has 0 rings (SSSR count). The van der Waals surface area contributed by atoms with Crippen molar-refractivity contribution in [2.24, 2.45) is 0 Å². The number of rotatable bonds is 2. The molecule has 3 nitrogen and oxygen atoms in total. The highest BCUT2D eigenvalue weighted by molar-refractivity contribution is 6.34. The van der Waals surface area contributed by atoms with Gasteiger partial charge in [0, 0.05) is 5.57 Å². The van der Waals surface area contributed by atoms with Crippen LogP contribution in [0.4, 0.5) is 0 Å². The first-order valence-electron chi connectivity index (χ1n) is 2.24. The van der Waals surface area contributed by atoms with E-state index >= 15 is 0 Å². The molecule has 0 spiro atoms. The second kappa shape index (κ2) is 3.07. The van der Waals surface area contributed by atoms with Gasteiger partial charge in [0.1, 0.15) is 14.1 Å². The molecule has 0 saturated heterocycles. The van der Waals surface area contributed by atoms with Crippen LogP contribution < -0.4 is 0 Å². The molecule has 1 N–H and O–H groups in total. The summed E-state index contributed by atoms with van der Waals surface area (Å²) in [5.74, 6) is -1.17. The van der Waals surface area contributed by atoms with Crippen LogP contribution >= 0.6 is 0 Å². The molecule has 0 heterocycles. The van der Waals surface area contributed by atoms with Crippen molar-refractivity contribution in [1.29, 1.82) is 0 Å². The largest absolute Gasteiger partial charge is 0.478 e. The van der Waals surface area contributed by atoms with Crippen LogP contribution in [0.3, 0.4) is 0 Å². The van der Waals surface area contributed by atoms with E-state index in [9.17, 15) is 9.59 Å². The van der Waals surface area contributed by atoms with Crippen LogP contribution in [0.25, 0.3) is 0 Å². The summed E-state index contributed by atoms with van der Waals surface area (Å²) in [6.45, 7) is 1.27. The molecular weight excluding hydrogens is 119 g/mol. The maximum Gasteiger partial charge on any atom is 0.330 e. The van der Waals surface area contributed by atoms with E-state index in [4.69, 9.17) is 13.0 Å². The van der Waals surface area contributed by atoms with Crippen molar-refractivity contribution in [3.05, 3.63) is 11.0 Å². The first-order chi connectivity index (χ1) is 4.09. The summed E-state index contributed by atoms with van der Waals surface area (Å²) in [5, 5.41) is 8.19. The van der Waals surface area contributed by atoms with Crippen LogP contribution in [0.2, 0.25) is 0 Å². The van der Waals surface area contributed by atoms with Gasteiger partial charge in [0.2, 0.25) is 0 Å². The standard InChI is InChI=1S/C5H5BO3/c1-3(5(8)9)4(6)2-7/h2H,1H3,(H,8,9)/b4-3-. The van der Waals surface area contributed by atoms with Crippen LogP contribution in [0.1, 0.15) is 6.92 Å². The van der Waals surface area contributed by atoms with Crippen LogP contribution in [0.5, 0.6) is 0 Å². The monoisotopic (exact) mass is 124 g/mol. The third kappa shape index (κ3) is 2.12. The molecule has 0 bridgehead atoms. The Morgan fingerprint density at radius 2 is 2.11 bits per heavy atom. The van der Waals surface area contributed by atoms with Gasteiger partial charge in [-0.05, 0) is 12.4 Å². The number of carboxylic acid groups (broad SMARTS) is 1. The van der Waals surface area contributed by atoms with Gasteiger partial charge < -0.3 is 5.11 Å². The third-order valence-corrected chi connectivity index (χ3v) is 0.881. The molecule has 0 aromatic heterocycles. The molecule has 2 radical (unpaired) electrons. The van der Waals surface area contributed by atoms with E-state index in [1.54, 1.807) is 0 Å². The average molecular weight is 124 g/mol. The summed E-state index contributed by atoms with van der Waals surface area (Å²) >= 11 is 0. The number of hydrogen-bond acceptors (Lipinski definition) is 2. The Hall–Kier alpha value is -1.06. The molecule has 0 fully saturated rings. The van der Waals surface area contributed by atoms with Gasteiger partial charge in [0.15, 0.2) is 0 Å². The van der Waals surface area contributed by atoms with Gasteiger partial charge >= 0.3 is 5.97 Å². The minimum atomic E-state index is -1.17. The van der Waals surface area contributed by atoms with Gasteiger partial charge in [0.05, 0.1) is 0 Å². The fourth-order valence-electron chi connectivity index (χ4n) is 0.212. The van der Waals surface area contributed by atoms with Crippen LogP contribution in [-0.4, -0.2) is 25.2 Å². The molecule has 0 aliphatic carbocycles. The summed E-state index contributed by atoms with van der Waals surface area (Å²) in [5.41, 5.74) is -0.354. The van der Waals surface area contributed by atoms with Gasteiger partial charge in [-0.25, -0.2) is 4.79 Å². The highest BCUT2D eigenvalue weighted by Gasteiger charge is 2.01. The number of aliphatic carboxylic acids is 1. The molecule has 9 heavy (non-hydrogen) atoms. The topological polar surface area (TPSA) is 54.4 Å². The van der Waals surface area contributed by atoms with Crippen molar-refractivity contribution in [3.63, 3.8) is 0 Å². The molecule has 0 aromatic carbocycles. The molecule has 0 amide bonds. The summed E-state index contributed by atoms with van der Waals surface area (Å²) in [4.78, 5) is 19.8. The molecule has 4 heteroatoms. The summed E-state index contributed by atoms with van der Waals surface area (Å²) in [6.07, 6.45) is 0.309. The lowest BCUT2D eigenvalue weighted by molar-refractivity contribution is -0.132. The molecule has 0 aromatic rings. The van der Waals surface area contributed by atoms with E-state index in [1.165, 1.54) is 6.92 Å². The Balaban J connectivity index is 4.47. The Bertz CT molecular complexity index is 171. The highest BCUT2D eigenvalue weighted by atomic mass is 16.4. The zero-order valence-corrected chi connectivity index (χ0v) is 4.92. The van der Waals surface area contributed by atoms with Crippen molar-refractivity contribution in [3.8, 4) is 0 Å². The van der Waals surface area contributed by atoms with Gasteiger partial charge in [-0.15, -0.1) is 0 Å². The fourth-order valence-corrected chi connectivity index (χ4v) is 0.212. The number of carbonyl (C=O) groups is 2. The normalized spacial score (nSPS) is 12.1. The smallest absolute Gasteiger partial charge is 0.330 e. The highest BCUT2D eigenvalue weighted by Crippen LogP contribution is 1.95. The van der Waals surface area contributed by atoms with Crippen LogP contribution in [0.15, 0.2) is 11.0 Å². The van der Waals surface area contributed by atoms with Crippen molar-refractivity contribution >= 4 is 20.1 Å². The average Bonchev–Trinajstić information content (AvgIpc) is 1.84. The molecule has 0 aliphatic rings. The number of hydrogen-bond donors (Lipinski definition) is 1. The summed E-state index contributed by atoms with van der Waals surface area (Å²) < 4.78 is 0. The molecule has 46 valence electrons. The number of carboxylic acids is 1. The second-order valence-electron chi connectivity index (χ2n) is 1.50. The number of aldehydes is 1. The van der Waals surface area contributed by atoms with Crippen molar-refractivity contribution < 1.29 is 14.7 Å². The first-order valence-corrected chi connectivity index (χ1v) is 2.24. The van der Waals surface area contributed by atoms with E-state index in [1.807, 2.05) is 0 Å². The molecular formula is C5H5BO3. The lowest BCUT2D eigenvalue weighted by atomic mass is 9.92. The van der Waals surface area contributed by atoms with Gasteiger partial charge in [0.25, 0.3) is 0 Å². The second-order valence-corrected chi connectivity index (χ2v) is 1.50. The predicted octanol–water partition coefficient (Wildman–Crippen LogP) is -0.288. The van der Waals surface area contributed by atoms with E-state index in [0.29, 0.717) is 6.29 Å². The van der Waals surface area contributed by atoms with E-state index in [0.717, 1.165) is 0 Å². The Morgan fingerprint density at radius 1 is 1.67 bits per heavy atom. The number of allylic oxidation sites excluding steroid dienone is 1. The molecule has 0 atom stereocenters. The minimum Gasteiger partial charge on any atom is -0.478 e. The maximum absolute atomic E-state index is 10.0. The summed E-state index contributed by atoms with van der Waals surface area (Å²) in [6, 6.07) is 0. The van der Waals surface area contributed by atoms with E-state index < -0.39 is 5.97 Å². The Labute approximate surface area is 53.8 Å². The zero-order chi connectivity index (χ0) is 7.44. The lowest BCUT2D eigenvalue weighted by Crippen LogP contribution is -2.01. The lowest BCUT2D eigenvalue weighted by Gasteiger charge is -1.92. The SMILES string of the molecule is [B]/C(C=O)=C(/C)C(=O)O. The molecule has 0 aliphatic heterocycles. The van der Waals surface area contributed by atoms with Crippen molar-refractivity contribution in [2.45, 2.75) is 6.92 Å². The van der Waals surface area contributed by atoms with Crippen LogP contribution in [0, 0.1) is 0 Å². The molecule has 0 saturated carbocycles. The van der Waals surface area contributed by atoms with Gasteiger partial charge in [-0.1, -0.05) is 0 Å². The van der Waals surface area contributed by atoms with Gasteiger partial charge in [-0.3, -0.25) is 4.79 Å².